The van der Waals surface area contributed by atoms with Gasteiger partial charge in [-0.25, -0.2) is 22.3 Å². The normalized spacial score (nSPS) is 19.4. The van der Waals surface area contributed by atoms with E-state index in [1.807, 2.05) is 0 Å². The van der Waals surface area contributed by atoms with Crippen LogP contribution in [0.4, 0.5) is 4.39 Å². The number of carboxylic acids is 1. The molecule has 21 heavy (non-hydrogen) atoms. The molecule has 5 nitrogen and oxygen atoms in total. The van der Waals surface area contributed by atoms with E-state index in [4.69, 9.17) is 5.11 Å². The Morgan fingerprint density at radius 3 is 2.81 bits per heavy atom. The van der Waals surface area contributed by atoms with Gasteiger partial charge in [-0.2, -0.15) is 11.8 Å². The maximum atomic E-state index is 13.7. The smallest absolute Gasteiger partial charge is 0.335 e. The summed E-state index contributed by atoms with van der Waals surface area (Å²) in [5, 5.41) is 9.04. The van der Waals surface area contributed by atoms with Gasteiger partial charge in [0.15, 0.2) is 0 Å². The molecule has 0 amide bonds. The Kier molecular flexibility index (Phi) is 5.23. The third-order valence-corrected chi connectivity index (χ3v) is 6.08. The molecule has 2 rings (SSSR count). The Morgan fingerprint density at radius 2 is 2.19 bits per heavy atom. The number of carbonyl (C=O) groups is 1. The maximum absolute atomic E-state index is 13.7. The molecule has 0 aromatic heterocycles. The molecule has 1 saturated heterocycles. The Morgan fingerprint density at radius 1 is 1.43 bits per heavy atom. The summed E-state index contributed by atoms with van der Waals surface area (Å²) in [7, 11) is -4.05. The van der Waals surface area contributed by atoms with Crippen LogP contribution in [0, 0.1) is 5.82 Å². The second-order valence-corrected chi connectivity index (χ2v) is 7.93. The summed E-state index contributed by atoms with van der Waals surface area (Å²) in [5.41, 5.74) is -0.260. The van der Waals surface area contributed by atoms with Crippen molar-refractivity contribution < 1.29 is 22.7 Å². The average Bonchev–Trinajstić information content (AvgIpc) is 2.46. The highest BCUT2D eigenvalue weighted by Gasteiger charge is 2.23. The molecule has 0 saturated carbocycles. The minimum atomic E-state index is -4.05. The van der Waals surface area contributed by atoms with Crippen molar-refractivity contribution in [3.05, 3.63) is 29.6 Å². The van der Waals surface area contributed by atoms with Gasteiger partial charge in [-0.05, 0) is 36.8 Å². The molecule has 1 atom stereocenters. The average molecular weight is 333 g/mol. The second kappa shape index (κ2) is 6.76. The van der Waals surface area contributed by atoms with Crippen LogP contribution in [-0.4, -0.2) is 37.0 Å². The van der Waals surface area contributed by atoms with Crippen LogP contribution in [0.5, 0.6) is 0 Å². The van der Waals surface area contributed by atoms with Gasteiger partial charge in [0.25, 0.3) is 0 Å². The molecule has 1 heterocycles. The van der Waals surface area contributed by atoms with Crippen molar-refractivity contribution >= 4 is 27.8 Å². The van der Waals surface area contributed by atoms with Gasteiger partial charge in [-0.15, -0.1) is 0 Å². The second-order valence-electron chi connectivity index (χ2n) is 4.79. The van der Waals surface area contributed by atoms with Gasteiger partial charge >= 0.3 is 5.97 Å². The van der Waals surface area contributed by atoms with Crippen LogP contribution >= 0.6 is 11.8 Å². The standard InChI is InChI=1S/C13H16FNO4S2/c14-11-5-4-9(13(16)17)7-12(11)21(18,19)15-8-10-3-1-2-6-20-10/h4-5,7,10,15H,1-3,6,8H2,(H,16,17). The summed E-state index contributed by atoms with van der Waals surface area (Å²) >= 11 is 1.70. The molecule has 0 aliphatic carbocycles. The van der Waals surface area contributed by atoms with E-state index in [1.165, 1.54) is 0 Å². The minimum Gasteiger partial charge on any atom is -0.478 e. The number of hydrogen-bond donors (Lipinski definition) is 2. The molecule has 116 valence electrons. The maximum Gasteiger partial charge on any atom is 0.335 e. The van der Waals surface area contributed by atoms with Crippen molar-refractivity contribution in [3.8, 4) is 0 Å². The van der Waals surface area contributed by atoms with E-state index in [0.29, 0.717) is 0 Å². The van der Waals surface area contributed by atoms with E-state index in [-0.39, 0.29) is 17.4 Å². The third kappa shape index (κ3) is 4.18. The number of aromatic carboxylic acids is 1. The SMILES string of the molecule is O=C(O)c1ccc(F)c(S(=O)(=O)NCC2CCCCS2)c1. The molecule has 1 aromatic rings. The predicted molar refractivity (Wildman–Crippen MR) is 78.6 cm³/mol. The van der Waals surface area contributed by atoms with E-state index >= 15 is 0 Å². The molecule has 1 fully saturated rings. The first-order chi connectivity index (χ1) is 9.90. The molecule has 8 heteroatoms. The third-order valence-electron chi connectivity index (χ3n) is 3.24. The summed E-state index contributed by atoms with van der Waals surface area (Å²) in [6.07, 6.45) is 3.11. The molecular weight excluding hydrogens is 317 g/mol. The molecule has 2 N–H and O–H groups in total. The summed E-state index contributed by atoms with van der Waals surface area (Å²) in [4.78, 5) is 10.2. The van der Waals surface area contributed by atoms with Crippen LogP contribution < -0.4 is 4.72 Å². The van der Waals surface area contributed by atoms with E-state index in [1.54, 1.807) is 11.8 Å². The number of benzene rings is 1. The van der Waals surface area contributed by atoms with Crippen LogP contribution in [0.2, 0.25) is 0 Å². The van der Waals surface area contributed by atoms with Crippen LogP contribution in [0.15, 0.2) is 23.1 Å². The number of sulfonamides is 1. The zero-order valence-electron chi connectivity index (χ0n) is 11.2. The lowest BCUT2D eigenvalue weighted by atomic mass is 10.2. The zero-order chi connectivity index (χ0) is 15.5. The Bertz CT molecular complexity index is 627. The Labute approximate surface area is 127 Å². The molecule has 0 bridgehead atoms. The first kappa shape index (κ1) is 16.3. The Hall–Kier alpha value is -1.12. The fourth-order valence-electron chi connectivity index (χ4n) is 2.09. The lowest BCUT2D eigenvalue weighted by Crippen LogP contribution is -2.32. The van der Waals surface area contributed by atoms with E-state index in [9.17, 15) is 17.6 Å². The van der Waals surface area contributed by atoms with Crippen LogP contribution in [0.25, 0.3) is 0 Å². The minimum absolute atomic E-state index is 0.180. The number of hydrogen-bond acceptors (Lipinski definition) is 4. The summed E-state index contributed by atoms with van der Waals surface area (Å²) in [6, 6.07) is 2.73. The monoisotopic (exact) mass is 333 g/mol. The van der Waals surface area contributed by atoms with Crippen molar-refractivity contribution in [2.45, 2.75) is 29.4 Å². The lowest BCUT2D eigenvalue weighted by molar-refractivity contribution is 0.0696. The van der Waals surface area contributed by atoms with Gasteiger partial charge in [0.05, 0.1) is 5.56 Å². The molecule has 1 aromatic carbocycles. The van der Waals surface area contributed by atoms with Crippen molar-refractivity contribution in [3.63, 3.8) is 0 Å². The van der Waals surface area contributed by atoms with Gasteiger partial charge in [-0.1, -0.05) is 6.42 Å². The molecular formula is C13H16FNO4S2. The van der Waals surface area contributed by atoms with Gasteiger partial charge < -0.3 is 5.11 Å². The molecule has 0 radical (unpaired) electrons. The largest absolute Gasteiger partial charge is 0.478 e. The zero-order valence-corrected chi connectivity index (χ0v) is 12.8. The first-order valence-electron chi connectivity index (χ1n) is 6.54. The number of nitrogens with one attached hydrogen (secondary N) is 1. The number of carboxylic acid groups (broad SMARTS) is 1. The van der Waals surface area contributed by atoms with Gasteiger partial charge in [0.1, 0.15) is 10.7 Å². The fourth-order valence-corrected chi connectivity index (χ4v) is 4.62. The van der Waals surface area contributed by atoms with Crippen molar-refractivity contribution in [1.29, 1.82) is 0 Å². The van der Waals surface area contributed by atoms with Crippen LogP contribution in [-0.2, 0) is 10.0 Å². The topological polar surface area (TPSA) is 83.5 Å². The quantitative estimate of drug-likeness (QED) is 0.862. The summed E-state index contributed by atoms with van der Waals surface area (Å²) in [5.74, 6) is -1.26. The number of rotatable bonds is 5. The van der Waals surface area contributed by atoms with Crippen LogP contribution in [0.3, 0.4) is 0 Å². The van der Waals surface area contributed by atoms with E-state index in [0.717, 1.165) is 43.2 Å². The van der Waals surface area contributed by atoms with Gasteiger partial charge in [-0.3, -0.25) is 0 Å². The lowest BCUT2D eigenvalue weighted by Gasteiger charge is -2.21. The molecule has 1 aliphatic heterocycles. The van der Waals surface area contributed by atoms with Crippen molar-refractivity contribution in [2.24, 2.45) is 0 Å². The highest BCUT2D eigenvalue weighted by Crippen LogP contribution is 2.25. The predicted octanol–water partition coefficient (Wildman–Crippen LogP) is 2.09. The summed E-state index contributed by atoms with van der Waals surface area (Å²) < 4.78 is 40.3. The molecule has 1 unspecified atom stereocenters. The van der Waals surface area contributed by atoms with Crippen LogP contribution in [0.1, 0.15) is 29.6 Å². The first-order valence-corrected chi connectivity index (χ1v) is 9.07. The molecule has 0 spiro atoms. The van der Waals surface area contributed by atoms with Gasteiger partial charge in [0.2, 0.25) is 10.0 Å². The Balaban J connectivity index is 2.14. The van der Waals surface area contributed by atoms with E-state index < -0.39 is 26.7 Å². The highest BCUT2D eigenvalue weighted by atomic mass is 32.2. The fraction of sp³-hybridized carbons (Fsp3) is 0.462. The van der Waals surface area contributed by atoms with Crippen molar-refractivity contribution in [1.82, 2.24) is 4.72 Å². The van der Waals surface area contributed by atoms with Gasteiger partial charge in [0, 0.05) is 11.8 Å². The highest BCUT2D eigenvalue weighted by molar-refractivity contribution is 8.00. The number of halogens is 1. The summed E-state index contributed by atoms with van der Waals surface area (Å²) in [6.45, 7) is 0.226. The van der Waals surface area contributed by atoms with E-state index in [2.05, 4.69) is 4.72 Å². The molecule has 1 aliphatic rings. The van der Waals surface area contributed by atoms with Crippen molar-refractivity contribution in [2.75, 3.05) is 12.3 Å². The number of thioether (sulfide) groups is 1.